The first-order chi connectivity index (χ1) is 19.1. The van der Waals surface area contributed by atoms with Crippen molar-refractivity contribution in [3.8, 4) is 0 Å². The van der Waals surface area contributed by atoms with E-state index in [-0.39, 0.29) is 6.04 Å². The average molecular weight is 564 g/mol. The highest BCUT2D eigenvalue weighted by atomic mass is 35.5. The van der Waals surface area contributed by atoms with Gasteiger partial charge in [-0.15, -0.1) is 0 Å². The highest BCUT2D eigenvalue weighted by molar-refractivity contribution is 6.30. The Hall–Kier alpha value is -2.79. The van der Waals surface area contributed by atoms with Crippen molar-refractivity contribution >= 4 is 28.8 Å². The molecule has 2 heterocycles. The fourth-order valence-electron chi connectivity index (χ4n) is 5.45. The van der Waals surface area contributed by atoms with Crippen LogP contribution in [0, 0.1) is 0 Å². The number of rotatable bonds is 12. The number of benzene rings is 1. The molecule has 0 aliphatic carbocycles. The Balaban J connectivity index is 1.86. The van der Waals surface area contributed by atoms with Gasteiger partial charge >= 0.3 is 0 Å². The van der Waals surface area contributed by atoms with Crippen molar-refractivity contribution in [2.75, 3.05) is 40.3 Å². The summed E-state index contributed by atoms with van der Waals surface area (Å²) < 4.78 is 0. The van der Waals surface area contributed by atoms with Crippen molar-refractivity contribution in [1.29, 1.82) is 0 Å². The summed E-state index contributed by atoms with van der Waals surface area (Å²) in [6, 6.07) is 6.38. The fourth-order valence-corrected chi connectivity index (χ4v) is 5.62. The zero-order valence-electron chi connectivity index (χ0n) is 25.8. The number of aryl methyl sites for hydroxylation is 1. The third kappa shape index (κ3) is 8.60. The summed E-state index contributed by atoms with van der Waals surface area (Å²) in [5.74, 6) is 1.05. The molecule has 2 aliphatic rings. The third-order valence-corrected chi connectivity index (χ3v) is 8.09. The number of halogens is 1. The molecule has 40 heavy (non-hydrogen) atoms. The minimum absolute atomic E-state index is 0.157. The van der Waals surface area contributed by atoms with Gasteiger partial charge in [-0.1, -0.05) is 43.3 Å². The van der Waals surface area contributed by atoms with Crippen LogP contribution in [0.3, 0.4) is 0 Å². The van der Waals surface area contributed by atoms with Gasteiger partial charge in [0.15, 0.2) is 0 Å². The summed E-state index contributed by atoms with van der Waals surface area (Å²) in [5.41, 5.74) is 7.87. The molecular weight excluding hydrogens is 514 g/mol. The van der Waals surface area contributed by atoms with Crippen LogP contribution in [-0.4, -0.2) is 72.6 Å². The van der Waals surface area contributed by atoms with Gasteiger partial charge in [-0.25, -0.2) is 4.99 Å². The van der Waals surface area contributed by atoms with Crippen LogP contribution in [0.5, 0.6) is 0 Å². The highest BCUT2D eigenvalue weighted by Crippen LogP contribution is 2.32. The third-order valence-electron chi connectivity index (χ3n) is 7.86. The Morgan fingerprint density at radius 1 is 1.10 bits per heavy atom. The molecule has 1 aromatic carbocycles. The molecular formula is C34H50ClN5. The standard InChI is InChI=1S/C34H50ClN5/c1-9-18-38(8)27(5)14-15-29-16-17-30(35)24-31(29)28(6)40-21-11-10-13-33(40)32(36-7)23-26(4)37-34(22-25(2)3)39-19-12-20-39/h16-17,22-24,33H,5-6,9-15,18-21H2,1-4,7-8H3/b26-23+,36-32?,37-34?. The van der Waals surface area contributed by atoms with Crippen molar-refractivity contribution in [3.05, 3.63) is 76.6 Å². The molecule has 0 N–H and O–H groups in total. The molecule has 2 saturated heterocycles. The summed E-state index contributed by atoms with van der Waals surface area (Å²) in [7, 11) is 4.03. The quantitative estimate of drug-likeness (QED) is 0.191. The van der Waals surface area contributed by atoms with Crippen molar-refractivity contribution < 1.29 is 0 Å². The Morgan fingerprint density at radius 3 is 2.48 bits per heavy atom. The SMILES string of the molecule is C=C(CCc1ccc(Cl)cc1C(=C)N1CCCCC1C(/C=C(\C)N=C(C=C(C)C)N1CCC1)=NC)N(C)CCC. The van der Waals surface area contributed by atoms with Crippen molar-refractivity contribution in [1.82, 2.24) is 14.7 Å². The lowest BCUT2D eigenvalue weighted by Crippen LogP contribution is -2.43. The second kappa shape index (κ2) is 15.3. The van der Waals surface area contributed by atoms with Gasteiger partial charge in [0.25, 0.3) is 0 Å². The van der Waals surface area contributed by atoms with E-state index in [1.165, 1.54) is 24.0 Å². The molecule has 1 aromatic rings. The van der Waals surface area contributed by atoms with Crippen LogP contribution in [0.4, 0.5) is 0 Å². The zero-order chi connectivity index (χ0) is 29.2. The average Bonchev–Trinajstić information content (AvgIpc) is 2.89. The number of allylic oxidation sites excluding steroid dienone is 3. The number of hydrogen-bond donors (Lipinski definition) is 0. The van der Waals surface area contributed by atoms with Crippen molar-refractivity contribution in [2.24, 2.45) is 9.98 Å². The number of nitrogens with zero attached hydrogens (tertiary/aromatic N) is 5. The molecule has 0 saturated carbocycles. The number of aliphatic imine (C=N–C) groups is 2. The zero-order valence-corrected chi connectivity index (χ0v) is 26.5. The maximum Gasteiger partial charge on any atom is 0.128 e. The Bertz CT molecular complexity index is 1170. The molecule has 2 fully saturated rings. The van der Waals surface area contributed by atoms with E-state index in [1.807, 2.05) is 13.1 Å². The van der Waals surface area contributed by atoms with Crippen LogP contribution in [-0.2, 0) is 6.42 Å². The molecule has 5 nitrogen and oxygen atoms in total. The van der Waals surface area contributed by atoms with E-state index in [4.69, 9.17) is 21.6 Å². The fraction of sp³-hybridized carbons (Fsp3) is 0.529. The molecule has 218 valence electrons. The maximum absolute atomic E-state index is 6.53. The molecule has 0 amide bonds. The lowest BCUT2D eigenvalue weighted by atomic mass is 9.93. The lowest BCUT2D eigenvalue weighted by Gasteiger charge is -2.39. The number of piperidine rings is 1. The predicted octanol–water partition coefficient (Wildman–Crippen LogP) is 8.00. The van der Waals surface area contributed by atoms with Crippen LogP contribution in [0.15, 0.2) is 70.5 Å². The van der Waals surface area contributed by atoms with E-state index in [2.05, 4.69) is 86.9 Å². The van der Waals surface area contributed by atoms with Crippen molar-refractivity contribution in [3.63, 3.8) is 0 Å². The van der Waals surface area contributed by atoms with Crippen LogP contribution in [0.25, 0.3) is 5.70 Å². The molecule has 6 heteroatoms. The van der Waals surface area contributed by atoms with E-state index in [0.29, 0.717) is 0 Å². The van der Waals surface area contributed by atoms with Gasteiger partial charge < -0.3 is 14.7 Å². The van der Waals surface area contributed by atoms with E-state index in [1.54, 1.807) is 0 Å². The van der Waals surface area contributed by atoms with Gasteiger partial charge in [0.1, 0.15) is 5.84 Å². The summed E-state index contributed by atoms with van der Waals surface area (Å²) in [4.78, 5) is 16.8. The number of hydrogen-bond acceptors (Lipinski definition) is 4. The van der Waals surface area contributed by atoms with Gasteiger partial charge in [0, 0.05) is 68.0 Å². The van der Waals surface area contributed by atoms with Gasteiger partial charge in [-0.05, 0) is 95.6 Å². The normalized spacial score (nSPS) is 18.4. The first kappa shape index (κ1) is 31.7. The minimum Gasteiger partial charge on any atom is -0.378 e. The van der Waals surface area contributed by atoms with Gasteiger partial charge in [0.05, 0.1) is 11.8 Å². The molecule has 0 radical (unpaired) electrons. The molecule has 2 aliphatic heterocycles. The second-order valence-corrected chi connectivity index (χ2v) is 11.8. The Kier molecular flexibility index (Phi) is 12.1. The molecule has 3 rings (SSSR count). The molecule has 0 aromatic heterocycles. The number of amidine groups is 1. The van der Waals surface area contributed by atoms with Gasteiger partial charge in [-0.2, -0.15) is 0 Å². The molecule has 1 atom stereocenters. The molecule has 0 bridgehead atoms. The summed E-state index contributed by atoms with van der Waals surface area (Å²) in [6.07, 6.45) is 11.9. The largest absolute Gasteiger partial charge is 0.378 e. The summed E-state index contributed by atoms with van der Waals surface area (Å²) in [6.45, 7) is 21.6. The Morgan fingerprint density at radius 2 is 1.85 bits per heavy atom. The Labute approximate surface area is 248 Å². The van der Waals surface area contributed by atoms with E-state index in [9.17, 15) is 0 Å². The minimum atomic E-state index is 0.157. The van der Waals surface area contributed by atoms with E-state index < -0.39 is 0 Å². The van der Waals surface area contributed by atoms with Crippen LogP contribution in [0.2, 0.25) is 5.02 Å². The van der Waals surface area contributed by atoms with E-state index >= 15 is 0 Å². The smallest absolute Gasteiger partial charge is 0.128 e. The van der Waals surface area contributed by atoms with Crippen LogP contribution < -0.4 is 0 Å². The predicted molar refractivity (Wildman–Crippen MR) is 175 cm³/mol. The highest BCUT2D eigenvalue weighted by Gasteiger charge is 2.28. The van der Waals surface area contributed by atoms with Crippen LogP contribution in [0.1, 0.15) is 77.3 Å². The van der Waals surface area contributed by atoms with Crippen molar-refractivity contribution in [2.45, 2.75) is 78.7 Å². The van der Waals surface area contributed by atoms with Gasteiger partial charge in [0.2, 0.25) is 0 Å². The summed E-state index contributed by atoms with van der Waals surface area (Å²) >= 11 is 6.53. The molecule has 1 unspecified atom stereocenters. The van der Waals surface area contributed by atoms with Crippen LogP contribution >= 0.6 is 11.6 Å². The lowest BCUT2D eigenvalue weighted by molar-refractivity contribution is 0.283. The second-order valence-electron chi connectivity index (χ2n) is 11.4. The summed E-state index contributed by atoms with van der Waals surface area (Å²) in [5, 5.41) is 0.739. The monoisotopic (exact) mass is 563 g/mol. The van der Waals surface area contributed by atoms with E-state index in [0.717, 1.165) is 97.5 Å². The van der Waals surface area contributed by atoms with Gasteiger partial charge in [-0.3, -0.25) is 4.99 Å². The molecule has 0 spiro atoms. The topological polar surface area (TPSA) is 34.4 Å². The maximum atomic E-state index is 6.53. The first-order valence-corrected chi connectivity index (χ1v) is 15.3. The number of likely N-dealkylation sites (tertiary alicyclic amines) is 2. The first-order valence-electron chi connectivity index (χ1n) is 14.9.